The van der Waals surface area contributed by atoms with Crippen LogP contribution in [-0.2, 0) is 14.3 Å². The Labute approximate surface area is 207 Å². The number of aliphatic hydroxyl groups is 1. The van der Waals surface area contributed by atoms with Gasteiger partial charge in [-0.2, -0.15) is 0 Å². The van der Waals surface area contributed by atoms with Crippen molar-refractivity contribution in [3.05, 3.63) is 11.6 Å². The second-order valence-corrected chi connectivity index (χ2v) is 13.3. The zero-order chi connectivity index (χ0) is 24.9. The van der Waals surface area contributed by atoms with E-state index < -0.39 is 11.5 Å². The van der Waals surface area contributed by atoms with Gasteiger partial charge in [-0.1, -0.05) is 32.4 Å². The van der Waals surface area contributed by atoms with Crippen LogP contribution in [0.25, 0.3) is 0 Å². The van der Waals surface area contributed by atoms with Gasteiger partial charge < -0.3 is 9.84 Å². The number of allylic oxidation sites excluding steroid dienone is 2. The third kappa shape index (κ3) is 4.53. The van der Waals surface area contributed by atoms with Gasteiger partial charge in [0, 0.05) is 6.42 Å². The molecular formula is C30H48O4. The Kier molecular flexibility index (Phi) is 7.15. The van der Waals surface area contributed by atoms with E-state index in [0.717, 1.165) is 37.5 Å². The smallest absolute Gasteiger partial charge is 0.316 e. The number of carbonyl (C=O) groups is 2. The van der Waals surface area contributed by atoms with Gasteiger partial charge in [0.25, 0.3) is 0 Å². The number of Topliss-reactive ketones (excluding diaryl/α,β-unsaturated/α-hetero) is 1. The van der Waals surface area contributed by atoms with E-state index in [9.17, 15) is 14.7 Å². The van der Waals surface area contributed by atoms with Crippen molar-refractivity contribution < 1.29 is 19.4 Å². The Morgan fingerprint density at radius 2 is 1.91 bits per heavy atom. The molecular weight excluding hydrogens is 424 g/mol. The summed E-state index contributed by atoms with van der Waals surface area (Å²) >= 11 is 0. The summed E-state index contributed by atoms with van der Waals surface area (Å²) in [5.74, 6) is 2.60. The monoisotopic (exact) mass is 472 g/mol. The third-order valence-electron chi connectivity index (χ3n) is 10.9. The number of hydrogen-bond donors (Lipinski definition) is 1. The second-order valence-electron chi connectivity index (χ2n) is 13.3. The molecule has 4 nitrogen and oxygen atoms in total. The maximum Gasteiger partial charge on any atom is 0.316 e. The summed E-state index contributed by atoms with van der Waals surface area (Å²) in [5, 5.41) is 10.3. The first kappa shape index (κ1) is 25.9. The highest BCUT2D eigenvalue weighted by molar-refractivity contribution is 6.00. The Hall–Kier alpha value is -1.16. The van der Waals surface area contributed by atoms with Crippen LogP contribution in [0.15, 0.2) is 11.6 Å². The van der Waals surface area contributed by atoms with Crippen LogP contribution in [0.5, 0.6) is 0 Å². The van der Waals surface area contributed by atoms with Crippen molar-refractivity contribution in [2.75, 3.05) is 6.61 Å². The van der Waals surface area contributed by atoms with Crippen molar-refractivity contribution >= 4 is 11.8 Å². The molecule has 192 valence electrons. The van der Waals surface area contributed by atoms with E-state index in [-0.39, 0.29) is 17.2 Å². The topological polar surface area (TPSA) is 63.6 Å². The molecule has 4 heteroatoms. The summed E-state index contributed by atoms with van der Waals surface area (Å²) in [5.41, 5.74) is 1.14. The molecule has 4 aliphatic carbocycles. The molecule has 1 N–H and O–H groups in total. The quantitative estimate of drug-likeness (QED) is 0.272. The Morgan fingerprint density at radius 1 is 1.18 bits per heavy atom. The molecule has 0 amide bonds. The number of ketones is 1. The van der Waals surface area contributed by atoms with Crippen molar-refractivity contribution in [1.29, 1.82) is 0 Å². The fraction of sp³-hybridized carbons (Fsp3) is 0.867. The van der Waals surface area contributed by atoms with Crippen molar-refractivity contribution in [2.24, 2.45) is 46.3 Å². The minimum atomic E-state index is -0.581. The lowest BCUT2D eigenvalue weighted by atomic mass is 9.48. The van der Waals surface area contributed by atoms with E-state index in [2.05, 4.69) is 26.8 Å². The van der Waals surface area contributed by atoms with Gasteiger partial charge in [0.15, 0.2) is 5.78 Å². The third-order valence-corrected chi connectivity index (χ3v) is 10.9. The van der Waals surface area contributed by atoms with Crippen LogP contribution in [0.4, 0.5) is 0 Å². The standard InChI is InChI=1S/C30H48O4/c1-7-34-27(32)22-13-16-29(5)20(18-26(22)31)8-9-21-24-11-10-23(19(2)12-15-28(3,4)33)30(24,6)17-14-25(21)29/h8,19,21-25,33H,7,9-18H2,1-6H3/t19-,21+,22?,23-,24+,25+,29+,30-/m1/s1. The number of carbonyl (C=O) groups excluding carboxylic acids is 2. The van der Waals surface area contributed by atoms with E-state index >= 15 is 0 Å². The van der Waals surface area contributed by atoms with Crippen molar-refractivity contribution in [1.82, 2.24) is 0 Å². The molecule has 1 unspecified atom stereocenters. The van der Waals surface area contributed by atoms with Crippen LogP contribution in [0, 0.1) is 46.3 Å². The molecule has 0 radical (unpaired) electrons. The van der Waals surface area contributed by atoms with E-state index in [1.54, 1.807) is 0 Å². The summed E-state index contributed by atoms with van der Waals surface area (Å²) < 4.78 is 5.25. The SMILES string of the molecule is CCOC(=O)C1CC[C@@]2(C)C(=CC[C@H]3[C@@H]4CC[C@H]([C@H](C)CCC(C)(C)O)[C@@]4(C)CC[C@@H]32)CC1=O. The fourth-order valence-electron chi connectivity index (χ4n) is 8.94. The number of ether oxygens (including phenoxy) is 1. The molecule has 4 aliphatic rings. The predicted molar refractivity (Wildman–Crippen MR) is 135 cm³/mol. The van der Waals surface area contributed by atoms with Gasteiger partial charge in [-0.3, -0.25) is 9.59 Å². The molecule has 3 fully saturated rings. The van der Waals surface area contributed by atoms with E-state index in [4.69, 9.17) is 4.74 Å². The molecule has 0 aromatic heterocycles. The van der Waals surface area contributed by atoms with Crippen LogP contribution >= 0.6 is 0 Å². The Bertz CT molecular complexity index is 822. The van der Waals surface area contributed by atoms with Gasteiger partial charge in [0.05, 0.1) is 12.2 Å². The Balaban J connectivity index is 1.52. The van der Waals surface area contributed by atoms with Crippen molar-refractivity contribution in [3.8, 4) is 0 Å². The first-order valence-corrected chi connectivity index (χ1v) is 14.0. The molecule has 8 atom stereocenters. The molecule has 4 rings (SSSR count). The fourth-order valence-corrected chi connectivity index (χ4v) is 8.94. The highest BCUT2D eigenvalue weighted by Gasteiger charge is 2.59. The first-order chi connectivity index (χ1) is 15.9. The number of hydrogen-bond acceptors (Lipinski definition) is 4. The second kappa shape index (κ2) is 9.37. The molecule has 0 heterocycles. The maximum atomic E-state index is 13.0. The van der Waals surface area contributed by atoms with Gasteiger partial charge in [-0.25, -0.2) is 0 Å². The van der Waals surface area contributed by atoms with Gasteiger partial charge >= 0.3 is 5.97 Å². The zero-order valence-electron chi connectivity index (χ0n) is 22.5. The predicted octanol–water partition coefficient (Wildman–Crippen LogP) is 6.50. The van der Waals surface area contributed by atoms with Crippen molar-refractivity contribution in [2.45, 2.75) is 111 Å². The first-order valence-electron chi connectivity index (χ1n) is 14.0. The van der Waals surface area contributed by atoms with Crippen LogP contribution < -0.4 is 0 Å². The molecule has 0 aromatic carbocycles. The lowest BCUT2D eigenvalue weighted by Gasteiger charge is -2.57. The summed E-state index contributed by atoms with van der Waals surface area (Å²) in [7, 11) is 0. The van der Waals surface area contributed by atoms with Gasteiger partial charge in [-0.05, 0) is 119 Å². The molecule has 0 spiro atoms. The normalized spacial score (nSPS) is 41.0. The lowest BCUT2D eigenvalue weighted by molar-refractivity contribution is -0.151. The lowest BCUT2D eigenvalue weighted by Crippen LogP contribution is -2.49. The van der Waals surface area contributed by atoms with E-state index in [1.807, 2.05) is 20.8 Å². The van der Waals surface area contributed by atoms with Crippen molar-refractivity contribution in [3.63, 3.8) is 0 Å². The molecule has 3 saturated carbocycles. The molecule has 0 aliphatic heterocycles. The van der Waals surface area contributed by atoms with E-state index in [0.29, 0.717) is 42.6 Å². The van der Waals surface area contributed by atoms with Gasteiger partial charge in [-0.15, -0.1) is 0 Å². The van der Waals surface area contributed by atoms with Gasteiger partial charge in [0.2, 0.25) is 0 Å². The summed E-state index contributed by atoms with van der Waals surface area (Å²) in [6.45, 7) is 13.4. The zero-order valence-corrected chi connectivity index (χ0v) is 22.5. The maximum absolute atomic E-state index is 13.0. The van der Waals surface area contributed by atoms with Crippen LogP contribution in [0.2, 0.25) is 0 Å². The average Bonchev–Trinajstić information content (AvgIpc) is 3.04. The summed E-state index contributed by atoms with van der Waals surface area (Å²) in [4.78, 5) is 25.5. The minimum absolute atomic E-state index is 0.0335. The summed E-state index contributed by atoms with van der Waals surface area (Å²) in [6, 6.07) is 0. The average molecular weight is 473 g/mol. The van der Waals surface area contributed by atoms with Crippen LogP contribution in [0.3, 0.4) is 0 Å². The van der Waals surface area contributed by atoms with Crippen LogP contribution in [-0.4, -0.2) is 29.1 Å². The number of fused-ring (bicyclic) bond motifs is 5. The molecule has 0 bridgehead atoms. The minimum Gasteiger partial charge on any atom is -0.465 e. The van der Waals surface area contributed by atoms with Crippen LogP contribution in [0.1, 0.15) is 106 Å². The highest BCUT2D eigenvalue weighted by Crippen LogP contribution is 2.67. The van der Waals surface area contributed by atoms with E-state index in [1.165, 1.54) is 31.3 Å². The highest BCUT2D eigenvalue weighted by atomic mass is 16.5. The van der Waals surface area contributed by atoms with Gasteiger partial charge in [0.1, 0.15) is 5.92 Å². The largest absolute Gasteiger partial charge is 0.465 e. The Morgan fingerprint density at radius 3 is 2.59 bits per heavy atom. The molecule has 34 heavy (non-hydrogen) atoms. The summed E-state index contributed by atoms with van der Waals surface area (Å²) in [6.07, 6.45) is 12.6. The molecule has 0 saturated heterocycles. The number of rotatable bonds is 6. The number of esters is 1. The molecule has 0 aromatic rings.